The molecule has 8 nitrogen and oxygen atoms in total. The minimum Gasteiger partial charge on any atom is -0.491 e. The van der Waals surface area contributed by atoms with E-state index in [2.05, 4.69) is 9.97 Å². The zero-order valence-electron chi connectivity index (χ0n) is 24.0. The van der Waals surface area contributed by atoms with Gasteiger partial charge in [0.25, 0.3) is 5.88 Å². The van der Waals surface area contributed by atoms with Crippen molar-refractivity contribution in [1.29, 1.82) is 0 Å². The van der Waals surface area contributed by atoms with Crippen molar-refractivity contribution in [3.63, 3.8) is 0 Å². The van der Waals surface area contributed by atoms with E-state index in [0.29, 0.717) is 51.0 Å². The Labute approximate surface area is 242 Å². The minimum atomic E-state index is -0.395. The number of ketones is 1. The lowest BCUT2D eigenvalue weighted by atomic mass is 9.97. The maximum absolute atomic E-state index is 13.6. The van der Waals surface area contributed by atoms with Crippen LogP contribution in [0.25, 0.3) is 22.2 Å². The molecule has 0 aliphatic rings. The summed E-state index contributed by atoms with van der Waals surface area (Å²) >= 11 is 0. The number of benzene rings is 2. The smallest absolute Gasteiger partial charge is 0.257 e. The first-order valence-corrected chi connectivity index (χ1v) is 13.4. The Morgan fingerprint density at radius 3 is 2.33 bits per heavy atom. The van der Waals surface area contributed by atoms with Gasteiger partial charge in [-0.3, -0.25) is 14.6 Å². The van der Waals surface area contributed by atoms with Crippen LogP contribution in [0.3, 0.4) is 0 Å². The molecule has 3 aromatic heterocycles. The number of ether oxygens (including phenoxy) is 3. The molecule has 0 fully saturated rings. The Hall–Kier alpha value is -5.05. The first kappa shape index (κ1) is 28.5. The highest BCUT2D eigenvalue weighted by Gasteiger charge is 2.21. The molecule has 0 saturated heterocycles. The summed E-state index contributed by atoms with van der Waals surface area (Å²) in [5.41, 5.74) is 3.21. The predicted molar refractivity (Wildman–Crippen MR) is 158 cm³/mol. The van der Waals surface area contributed by atoms with Gasteiger partial charge in [0.1, 0.15) is 17.1 Å². The molecule has 0 aliphatic carbocycles. The van der Waals surface area contributed by atoms with E-state index in [1.54, 1.807) is 60.9 Å². The zero-order valence-corrected chi connectivity index (χ0v) is 24.0. The topological polar surface area (TPSA) is 92.5 Å². The highest BCUT2D eigenvalue weighted by Crippen LogP contribution is 2.34. The summed E-state index contributed by atoms with van der Waals surface area (Å²) in [5.74, 6) is 1.08. The highest BCUT2D eigenvalue weighted by molar-refractivity contribution is 5.98. The summed E-state index contributed by atoms with van der Waals surface area (Å²) in [6.45, 7) is 5.79. The molecule has 0 saturated carbocycles. The molecule has 0 unspecified atom stereocenters. The van der Waals surface area contributed by atoms with Crippen LogP contribution in [0.15, 0.2) is 77.9 Å². The van der Waals surface area contributed by atoms with Crippen molar-refractivity contribution >= 4 is 16.8 Å². The molecule has 0 N–H and O–H groups in total. The van der Waals surface area contributed by atoms with E-state index in [0.717, 1.165) is 5.56 Å². The van der Waals surface area contributed by atoms with Crippen LogP contribution in [0, 0.1) is 12.7 Å². The fourth-order valence-corrected chi connectivity index (χ4v) is 4.88. The number of rotatable bonds is 9. The van der Waals surface area contributed by atoms with Gasteiger partial charge in [0.05, 0.1) is 25.3 Å². The van der Waals surface area contributed by atoms with Gasteiger partial charge in [0.2, 0.25) is 0 Å². The maximum atomic E-state index is 13.6. The molecule has 2 aromatic carbocycles. The van der Waals surface area contributed by atoms with E-state index >= 15 is 0 Å². The predicted octanol–water partition coefficient (Wildman–Crippen LogP) is 6.72. The van der Waals surface area contributed by atoms with Crippen molar-refractivity contribution in [3.05, 3.63) is 106 Å². The number of aromatic nitrogens is 3. The molecule has 0 radical (unpaired) electrons. The maximum Gasteiger partial charge on any atom is 0.257 e. The molecule has 0 amide bonds. The van der Waals surface area contributed by atoms with E-state index in [-0.39, 0.29) is 29.2 Å². The number of carbonyl (C=O) groups is 1. The minimum absolute atomic E-state index is 0.00703. The number of Topliss-reactive ketones (excluding diaryl/α,β-unsaturated/α-hetero) is 1. The molecule has 0 spiro atoms. The van der Waals surface area contributed by atoms with E-state index in [1.165, 1.54) is 26.4 Å². The molecular formula is C33H30FN3O5. The van der Waals surface area contributed by atoms with Gasteiger partial charge in [-0.1, -0.05) is 24.3 Å². The molecule has 0 atom stereocenters. The van der Waals surface area contributed by atoms with Crippen molar-refractivity contribution in [3.8, 4) is 34.3 Å². The Morgan fingerprint density at radius 1 is 0.976 bits per heavy atom. The Bertz CT molecular complexity index is 1830. The lowest BCUT2D eigenvalue weighted by molar-refractivity contribution is 0.0991. The standard InChI is InChI=1S/C33H30FN3O5/c1-19(2)37-18-25(32(39)30(20(37)3)22-8-10-23(34)11-9-22)27(38)16-21-6-12-24(13-7-21)42-28-14-15-35-26-17-29(40-4)33(41-5)36-31(26)28/h6-15,17-19H,16H2,1-5H3. The third kappa shape index (κ3) is 5.58. The van der Waals surface area contributed by atoms with E-state index in [9.17, 15) is 14.0 Å². The summed E-state index contributed by atoms with van der Waals surface area (Å²) in [7, 11) is 3.03. The molecule has 214 valence electrons. The quantitative estimate of drug-likeness (QED) is 0.183. The summed E-state index contributed by atoms with van der Waals surface area (Å²) in [5, 5.41) is 0. The van der Waals surface area contributed by atoms with Crippen LogP contribution in [0.2, 0.25) is 0 Å². The molecule has 5 aromatic rings. The molecule has 3 heterocycles. The van der Waals surface area contributed by atoms with Gasteiger partial charge in [0.15, 0.2) is 22.7 Å². The molecular weight excluding hydrogens is 537 g/mol. The number of methoxy groups -OCH3 is 2. The second kappa shape index (κ2) is 11.8. The summed E-state index contributed by atoms with van der Waals surface area (Å²) in [4.78, 5) is 35.8. The molecule has 9 heteroatoms. The van der Waals surface area contributed by atoms with Crippen LogP contribution in [-0.2, 0) is 6.42 Å². The Morgan fingerprint density at radius 2 is 1.69 bits per heavy atom. The van der Waals surface area contributed by atoms with Gasteiger partial charge >= 0.3 is 0 Å². The average molecular weight is 568 g/mol. The number of carbonyl (C=O) groups excluding carboxylic acids is 1. The zero-order chi connectivity index (χ0) is 30.0. The largest absolute Gasteiger partial charge is 0.491 e. The van der Waals surface area contributed by atoms with Gasteiger partial charge in [-0.25, -0.2) is 9.37 Å². The number of hydrogen-bond donors (Lipinski definition) is 0. The van der Waals surface area contributed by atoms with Gasteiger partial charge in [0, 0.05) is 48.2 Å². The van der Waals surface area contributed by atoms with Crippen molar-refractivity contribution < 1.29 is 23.4 Å². The van der Waals surface area contributed by atoms with E-state index in [1.807, 2.05) is 25.3 Å². The number of fused-ring (bicyclic) bond motifs is 1. The summed E-state index contributed by atoms with van der Waals surface area (Å²) in [6, 6.07) is 16.2. The van der Waals surface area contributed by atoms with Crippen molar-refractivity contribution in [2.45, 2.75) is 33.2 Å². The third-order valence-electron chi connectivity index (χ3n) is 7.02. The number of halogens is 1. The Kier molecular flexibility index (Phi) is 8.01. The lowest BCUT2D eigenvalue weighted by Gasteiger charge is -2.20. The normalized spacial score (nSPS) is 11.1. The number of hydrogen-bond acceptors (Lipinski definition) is 7. The molecule has 0 aliphatic heterocycles. The van der Waals surface area contributed by atoms with Crippen molar-refractivity contribution in [2.24, 2.45) is 0 Å². The van der Waals surface area contributed by atoms with Gasteiger partial charge in [-0.15, -0.1) is 0 Å². The first-order valence-electron chi connectivity index (χ1n) is 13.4. The van der Waals surface area contributed by atoms with E-state index in [4.69, 9.17) is 14.2 Å². The summed E-state index contributed by atoms with van der Waals surface area (Å²) in [6.07, 6.45) is 3.26. The average Bonchev–Trinajstić information content (AvgIpc) is 2.98. The third-order valence-corrected chi connectivity index (χ3v) is 7.02. The second-order valence-corrected chi connectivity index (χ2v) is 10.1. The fourth-order valence-electron chi connectivity index (χ4n) is 4.88. The lowest BCUT2D eigenvalue weighted by Crippen LogP contribution is -2.24. The van der Waals surface area contributed by atoms with Crippen LogP contribution >= 0.6 is 0 Å². The van der Waals surface area contributed by atoms with Crippen molar-refractivity contribution in [1.82, 2.24) is 14.5 Å². The molecule has 42 heavy (non-hydrogen) atoms. The van der Waals surface area contributed by atoms with Crippen LogP contribution in [0.5, 0.6) is 23.1 Å². The number of pyridine rings is 3. The highest BCUT2D eigenvalue weighted by atomic mass is 19.1. The fraction of sp³-hybridized carbons (Fsp3) is 0.212. The van der Waals surface area contributed by atoms with Gasteiger partial charge in [-0.2, -0.15) is 0 Å². The van der Waals surface area contributed by atoms with E-state index < -0.39 is 5.82 Å². The van der Waals surface area contributed by atoms with Crippen LogP contribution in [0.4, 0.5) is 4.39 Å². The van der Waals surface area contributed by atoms with Crippen molar-refractivity contribution in [2.75, 3.05) is 14.2 Å². The van der Waals surface area contributed by atoms with Crippen LogP contribution in [0.1, 0.15) is 41.5 Å². The molecule has 0 bridgehead atoms. The Balaban J connectivity index is 1.41. The second-order valence-electron chi connectivity index (χ2n) is 10.1. The summed E-state index contributed by atoms with van der Waals surface area (Å²) < 4.78 is 32.2. The van der Waals surface area contributed by atoms with Gasteiger partial charge in [-0.05, 0) is 56.2 Å². The molecule has 5 rings (SSSR count). The first-order chi connectivity index (χ1) is 20.2. The number of nitrogens with zero attached hydrogens (tertiary/aromatic N) is 3. The van der Waals surface area contributed by atoms with Crippen LogP contribution < -0.4 is 19.6 Å². The van der Waals surface area contributed by atoms with Crippen LogP contribution in [-0.4, -0.2) is 34.5 Å². The monoisotopic (exact) mass is 567 g/mol. The van der Waals surface area contributed by atoms with Gasteiger partial charge < -0.3 is 18.8 Å². The SMILES string of the molecule is COc1cc2nccc(Oc3ccc(CC(=O)c4cn(C(C)C)c(C)c(-c5ccc(F)cc5)c4=O)cc3)c2nc1OC.